The van der Waals surface area contributed by atoms with Crippen molar-refractivity contribution in [1.82, 2.24) is 5.32 Å². The summed E-state index contributed by atoms with van der Waals surface area (Å²) in [6.45, 7) is 3.97. The second kappa shape index (κ2) is 6.05. The van der Waals surface area contributed by atoms with Gasteiger partial charge in [-0.1, -0.05) is 29.8 Å². The average Bonchev–Trinajstić information content (AvgIpc) is 2.23. The first-order valence-corrected chi connectivity index (χ1v) is 7.12. The topological polar surface area (TPSA) is 32.3 Å². The summed E-state index contributed by atoms with van der Waals surface area (Å²) >= 11 is 6.20. The SMILES string of the molecule is CC(O)CC(C)NC1CC(c2ccccc2Cl)C1. The zero-order valence-corrected chi connectivity index (χ0v) is 11.8. The number of hydrogen-bond donors (Lipinski definition) is 2. The van der Waals surface area contributed by atoms with E-state index in [0.717, 1.165) is 24.3 Å². The fourth-order valence-electron chi connectivity index (χ4n) is 2.80. The van der Waals surface area contributed by atoms with Crippen molar-refractivity contribution in [2.75, 3.05) is 0 Å². The molecule has 0 aliphatic heterocycles. The predicted octanol–water partition coefficient (Wildman–Crippen LogP) is 3.34. The molecule has 0 spiro atoms. The van der Waals surface area contributed by atoms with Crippen molar-refractivity contribution in [3.05, 3.63) is 34.9 Å². The van der Waals surface area contributed by atoms with E-state index >= 15 is 0 Å². The molecule has 2 rings (SSSR count). The molecule has 0 amide bonds. The van der Waals surface area contributed by atoms with Crippen LogP contribution in [-0.4, -0.2) is 23.3 Å². The van der Waals surface area contributed by atoms with Crippen molar-refractivity contribution in [3.8, 4) is 0 Å². The number of aliphatic hydroxyl groups is 1. The van der Waals surface area contributed by atoms with E-state index in [2.05, 4.69) is 24.4 Å². The van der Waals surface area contributed by atoms with Gasteiger partial charge in [0.15, 0.2) is 0 Å². The van der Waals surface area contributed by atoms with Gasteiger partial charge in [-0.2, -0.15) is 0 Å². The molecule has 1 aromatic rings. The minimum atomic E-state index is -0.230. The molecule has 1 fully saturated rings. The van der Waals surface area contributed by atoms with E-state index in [0.29, 0.717) is 18.0 Å². The third-order valence-corrected chi connectivity index (χ3v) is 4.04. The zero-order valence-electron chi connectivity index (χ0n) is 11.1. The van der Waals surface area contributed by atoms with E-state index in [1.54, 1.807) is 0 Å². The van der Waals surface area contributed by atoms with Gasteiger partial charge in [0.1, 0.15) is 0 Å². The lowest BCUT2D eigenvalue weighted by atomic mass is 9.75. The van der Waals surface area contributed by atoms with Crippen molar-refractivity contribution in [2.45, 2.75) is 57.2 Å². The van der Waals surface area contributed by atoms with Crippen molar-refractivity contribution in [2.24, 2.45) is 0 Å². The van der Waals surface area contributed by atoms with Crippen LogP contribution >= 0.6 is 11.6 Å². The highest BCUT2D eigenvalue weighted by Gasteiger charge is 2.31. The standard InChI is InChI=1S/C15H22ClNO/c1-10(7-11(2)18)17-13-8-12(9-13)14-5-3-4-6-15(14)16/h3-6,10-13,17-18H,7-9H2,1-2H3. The van der Waals surface area contributed by atoms with Crippen LogP contribution in [0, 0.1) is 0 Å². The second-order valence-corrected chi connectivity index (χ2v) is 5.95. The lowest BCUT2D eigenvalue weighted by molar-refractivity contribution is 0.159. The van der Waals surface area contributed by atoms with Crippen LogP contribution in [0.15, 0.2) is 24.3 Å². The Balaban J connectivity index is 1.79. The molecule has 1 aromatic carbocycles. The third-order valence-electron chi connectivity index (χ3n) is 3.70. The molecule has 2 nitrogen and oxygen atoms in total. The van der Waals surface area contributed by atoms with E-state index in [1.807, 2.05) is 19.1 Å². The quantitative estimate of drug-likeness (QED) is 0.858. The summed E-state index contributed by atoms with van der Waals surface area (Å²) in [5.74, 6) is 0.593. The Bertz CT molecular complexity index is 388. The van der Waals surface area contributed by atoms with Gasteiger partial charge in [-0.25, -0.2) is 0 Å². The van der Waals surface area contributed by atoms with Crippen LogP contribution in [0.25, 0.3) is 0 Å². The smallest absolute Gasteiger partial charge is 0.0526 e. The number of halogens is 1. The highest BCUT2D eigenvalue weighted by molar-refractivity contribution is 6.31. The first-order chi connectivity index (χ1) is 8.56. The van der Waals surface area contributed by atoms with Crippen LogP contribution in [0.1, 0.15) is 44.6 Å². The minimum absolute atomic E-state index is 0.230. The lowest BCUT2D eigenvalue weighted by Gasteiger charge is -2.38. The fourth-order valence-corrected chi connectivity index (χ4v) is 3.09. The van der Waals surface area contributed by atoms with E-state index in [4.69, 9.17) is 11.6 Å². The molecule has 18 heavy (non-hydrogen) atoms. The largest absolute Gasteiger partial charge is 0.393 e. The Kier molecular flexibility index (Phi) is 4.66. The average molecular weight is 268 g/mol. The summed E-state index contributed by atoms with van der Waals surface area (Å²) < 4.78 is 0. The summed E-state index contributed by atoms with van der Waals surface area (Å²) in [6, 6.07) is 9.07. The second-order valence-electron chi connectivity index (χ2n) is 5.54. The maximum Gasteiger partial charge on any atom is 0.0526 e. The Hall–Kier alpha value is -0.570. The number of nitrogens with one attached hydrogen (secondary N) is 1. The first-order valence-electron chi connectivity index (χ1n) is 6.74. The molecule has 3 heteroatoms. The van der Waals surface area contributed by atoms with Crippen molar-refractivity contribution in [3.63, 3.8) is 0 Å². The highest BCUT2D eigenvalue weighted by atomic mass is 35.5. The molecule has 0 aromatic heterocycles. The maximum absolute atomic E-state index is 9.34. The number of aliphatic hydroxyl groups excluding tert-OH is 1. The highest BCUT2D eigenvalue weighted by Crippen LogP contribution is 2.40. The normalized spacial score (nSPS) is 26.4. The van der Waals surface area contributed by atoms with Gasteiger partial charge in [0.05, 0.1) is 6.10 Å². The van der Waals surface area contributed by atoms with E-state index in [-0.39, 0.29) is 6.10 Å². The van der Waals surface area contributed by atoms with Crippen LogP contribution in [0.4, 0.5) is 0 Å². The molecule has 2 N–H and O–H groups in total. The Labute approximate surface area is 114 Å². The van der Waals surface area contributed by atoms with Crippen LogP contribution in [-0.2, 0) is 0 Å². The molecule has 0 bridgehead atoms. The molecule has 2 unspecified atom stereocenters. The van der Waals surface area contributed by atoms with Gasteiger partial charge < -0.3 is 10.4 Å². The molecule has 100 valence electrons. The van der Waals surface area contributed by atoms with E-state index in [1.165, 1.54) is 5.56 Å². The monoisotopic (exact) mass is 267 g/mol. The van der Waals surface area contributed by atoms with Gasteiger partial charge in [-0.3, -0.25) is 0 Å². The maximum atomic E-state index is 9.34. The van der Waals surface area contributed by atoms with E-state index < -0.39 is 0 Å². The van der Waals surface area contributed by atoms with Crippen LogP contribution in [0.5, 0.6) is 0 Å². The molecule has 0 saturated heterocycles. The zero-order chi connectivity index (χ0) is 13.1. The molecule has 0 radical (unpaired) electrons. The summed E-state index contributed by atoms with van der Waals surface area (Å²) in [6.07, 6.45) is 2.88. The Morgan fingerprint density at radius 1 is 1.33 bits per heavy atom. The molecule has 2 atom stereocenters. The third kappa shape index (κ3) is 3.47. The summed E-state index contributed by atoms with van der Waals surface area (Å²) in [7, 11) is 0. The fraction of sp³-hybridized carbons (Fsp3) is 0.600. The molecule has 0 heterocycles. The Morgan fingerprint density at radius 2 is 2.00 bits per heavy atom. The molecule has 1 aliphatic rings. The summed E-state index contributed by atoms with van der Waals surface area (Å²) in [5, 5.41) is 13.8. The molecule has 1 aliphatic carbocycles. The Morgan fingerprint density at radius 3 is 2.61 bits per heavy atom. The van der Waals surface area contributed by atoms with Crippen molar-refractivity contribution >= 4 is 11.6 Å². The molecular weight excluding hydrogens is 246 g/mol. The van der Waals surface area contributed by atoms with Gasteiger partial charge in [-0.15, -0.1) is 0 Å². The van der Waals surface area contributed by atoms with Gasteiger partial charge in [0.2, 0.25) is 0 Å². The number of rotatable bonds is 5. The van der Waals surface area contributed by atoms with Gasteiger partial charge in [-0.05, 0) is 50.7 Å². The van der Waals surface area contributed by atoms with Gasteiger partial charge in [0.25, 0.3) is 0 Å². The number of hydrogen-bond acceptors (Lipinski definition) is 2. The van der Waals surface area contributed by atoms with Crippen LogP contribution in [0.3, 0.4) is 0 Å². The van der Waals surface area contributed by atoms with Gasteiger partial charge in [0, 0.05) is 17.1 Å². The van der Waals surface area contributed by atoms with Crippen LogP contribution < -0.4 is 5.32 Å². The van der Waals surface area contributed by atoms with Gasteiger partial charge >= 0.3 is 0 Å². The van der Waals surface area contributed by atoms with Crippen molar-refractivity contribution < 1.29 is 5.11 Å². The summed E-state index contributed by atoms with van der Waals surface area (Å²) in [5.41, 5.74) is 1.28. The van der Waals surface area contributed by atoms with Crippen LogP contribution in [0.2, 0.25) is 5.02 Å². The lowest BCUT2D eigenvalue weighted by Crippen LogP contribution is -2.45. The predicted molar refractivity (Wildman–Crippen MR) is 76.1 cm³/mol. The van der Waals surface area contributed by atoms with Crippen molar-refractivity contribution in [1.29, 1.82) is 0 Å². The minimum Gasteiger partial charge on any atom is -0.393 e. The van der Waals surface area contributed by atoms with E-state index in [9.17, 15) is 5.11 Å². The number of benzene rings is 1. The summed E-state index contributed by atoms with van der Waals surface area (Å²) in [4.78, 5) is 0. The molecule has 1 saturated carbocycles. The first kappa shape index (κ1) is 13.9. The molecular formula is C15H22ClNO.